The number of aliphatic hydroxyl groups is 1. The van der Waals surface area contributed by atoms with Crippen molar-refractivity contribution in [2.45, 2.75) is 25.0 Å². The Morgan fingerprint density at radius 1 is 1.32 bits per heavy atom. The molecule has 1 aromatic heterocycles. The zero-order valence-electron chi connectivity index (χ0n) is 12.7. The van der Waals surface area contributed by atoms with Crippen LogP contribution in [0.15, 0.2) is 49.2 Å². The van der Waals surface area contributed by atoms with Gasteiger partial charge in [-0.25, -0.2) is 0 Å². The number of nitrogens with zero attached hydrogens (tertiary/aromatic N) is 2. The maximum atomic E-state index is 11.0. The van der Waals surface area contributed by atoms with E-state index in [-0.39, 0.29) is 6.04 Å². The van der Waals surface area contributed by atoms with Crippen LogP contribution in [0.25, 0.3) is 10.9 Å². The van der Waals surface area contributed by atoms with E-state index in [1.165, 1.54) is 6.42 Å². The number of benzene rings is 1. The molecule has 2 aromatic rings. The third-order valence-corrected chi connectivity index (χ3v) is 5.52. The zero-order chi connectivity index (χ0) is 15.1. The van der Waals surface area contributed by atoms with E-state index in [1.807, 2.05) is 30.5 Å². The number of para-hydroxylation sites is 1. The predicted molar refractivity (Wildman–Crippen MR) is 88.5 cm³/mol. The third-order valence-electron chi connectivity index (χ3n) is 5.52. The average molecular weight is 294 g/mol. The summed E-state index contributed by atoms with van der Waals surface area (Å²) in [7, 11) is 0. The highest BCUT2D eigenvalue weighted by atomic mass is 16.3. The topological polar surface area (TPSA) is 36.4 Å². The van der Waals surface area contributed by atoms with Crippen LogP contribution in [0.3, 0.4) is 0 Å². The molecule has 5 atom stereocenters. The van der Waals surface area contributed by atoms with Gasteiger partial charge in [0.15, 0.2) is 0 Å². The normalized spacial score (nSPS) is 32.0. The molecule has 3 heteroatoms. The van der Waals surface area contributed by atoms with Crippen LogP contribution in [0, 0.1) is 11.8 Å². The van der Waals surface area contributed by atoms with Crippen LogP contribution in [0.5, 0.6) is 0 Å². The third kappa shape index (κ3) is 2.16. The highest BCUT2D eigenvalue weighted by Crippen LogP contribution is 2.41. The fraction of sp³-hybridized carbons (Fsp3) is 0.421. The Morgan fingerprint density at radius 3 is 2.95 bits per heavy atom. The molecule has 5 rings (SSSR count). The van der Waals surface area contributed by atoms with Crippen molar-refractivity contribution in [1.82, 2.24) is 9.88 Å². The highest BCUT2D eigenvalue weighted by Gasteiger charge is 2.42. The van der Waals surface area contributed by atoms with E-state index < -0.39 is 6.10 Å². The molecule has 22 heavy (non-hydrogen) atoms. The van der Waals surface area contributed by atoms with Gasteiger partial charge >= 0.3 is 0 Å². The van der Waals surface area contributed by atoms with Crippen molar-refractivity contribution in [3.05, 3.63) is 54.7 Å². The lowest BCUT2D eigenvalue weighted by atomic mass is 9.73. The summed E-state index contributed by atoms with van der Waals surface area (Å²) in [4.78, 5) is 6.86. The van der Waals surface area contributed by atoms with Crippen molar-refractivity contribution in [1.29, 1.82) is 0 Å². The van der Waals surface area contributed by atoms with E-state index in [0.29, 0.717) is 11.8 Å². The average Bonchev–Trinajstić information content (AvgIpc) is 2.60. The van der Waals surface area contributed by atoms with Gasteiger partial charge < -0.3 is 5.11 Å². The number of aliphatic hydroxyl groups excluding tert-OH is 1. The molecule has 0 spiro atoms. The lowest BCUT2D eigenvalue weighted by molar-refractivity contribution is -0.0444. The van der Waals surface area contributed by atoms with Crippen LogP contribution in [0.4, 0.5) is 0 Å². The smallest absolute Gasteiger partial charge is 0.0952 e. The van der Waals surface area contributed by atoms with Gasteiger partial charge in [-0.2, -0.15) is 0 Å². The van der Waals surface area contributed by atoms with Crippen molar-refractivity contribution < 1.29 is 5.11 Å². The van der Waals surface area contributed by atoms with Gasteiger partial charge in [0.05, 0.1) is 11.6 Å². The van der Waals surface area contributed by atoms with E-state index in [2.05, 4.69) is 28.6 Å². The summed E-state index contributed by atoms with van der Waals surface area (Å²) in [5, 5.41) is 12.1. The molecule has 2 bridgehead atoms. The summed E-state index contributed by atoms with van der Waals surface area (Å²) >= 11 is 0. The second-order valence-corrected chi connectivity index (χ2v) is 6.61. The highest BCUT2D eigenvalue weighted by molar-refractivity contribution is 5.82. The van der Waals surface area contributed by atoms with Gasteiger partial charge in [-0.15, -0.1) is 6.58 Å². The summed E-state index contributed by atoms with van der Waals surface area (Å²) in [6.07, 6.45) is 5.76. The van der Waals surface area contributed by atoms with Crippen molar-refractivity contribution in [3.63, 3.8) is 0 Å². The van der Waals surface area contributed by atoms with E-state index in [9.17, 15) is 5.11 Å². The molecular weight excluding hydrogens is 272 g/mol. The number of piperidine rings is 3. The van der Waals surface area contributed by atoms with Gasteiger partial charge in [-0.3, -0.25) is 9.88 Å². The first-order valence-corrected chi connectivity index (χ1v) is 8.16. The Hall–Kier alpha value is -1.71. The first kappa shape index (κ1) is 13.9. The Balaban J connectivity index is 1.67. The quantitative estimate of drug-likeness (QED) is 0.883. The number of hydrogen-bond acceptors (Lipinski definition) is 3. The van der Waals surface area contributed by atoms with Gasteiger partial charge in [0, 0.05) is 24.2 Å². The minimum absolute atomic E-state index is 0.223. The van der Waals surface area contributed by atoms with Gasteiger partial charge in [0.1, 0.15) is 0 Å². The summed E-state index contributed by atoms with van der Waals surface area (Å²) in [6.45, 7) is 6.11. The predicted octanol–water partition coefficient (Wildman–Crippen LogP) is 3.16. The van der Waals surface area contributed by atoms with Crippen molar-refractivity contribution in [3.8, 4) is 0 Å². The molecule has 0 aliphatic carbocycles. The fourth-order valence-electron chi connectivity index (χ4n) is 4.29. The number of pyridine rings is 1. The minimum atomic E-state index is -0.443. The lowest BCUT2D eigenvalue weighted by Crippen LogP contribution is -2.54. The SMILES string of the molecule is C=C[C@H]1CN2CC[C@H]1CC2C(O)c1ccnc2ccccc12. The Morgan fingerprint density at radius 2 is 2.18 bits per heavy atom. The van der Waals surface area contributed by atoms with E-state index >= 15 is 0 Å². The molecule has 0 amide bonds. The second-order valence-electron chi connectivity index (χ2n) is 6.61. The van der Waals surface area contributed by atoms with Crippen LogP contribution >= 0.6 is 0 Å². The number of hydrogen-bond donors (Lipinski definition) is 1. The number of fused-ring (bicyclic) bond motifs is 4. The molecule has 4 heterocycles. The molecule has 3 saturated heterocycles. The summed E-state index contributed by atoms with van der Waals surface area (Å²) in [6, 6.07) is 10.3. The molecule has 1 aromatic carbocycles. The van der Waals surface area contributed by atoms with E-state index in [0.717, 1.165) is 36.0 Å². The molecule has 1 N–H and O–H groups in total. The van der Waals surface area contributed by atoms with Crippen molar-refractivity contribution >= 4 is 10.9 Å². The molecule has 0 saturated carbocycles. The molecule has 114 valence electrons. The largest absolute Gasteiger partial charge is 0.387 e. The Bertz CT molecular complexity index is 693. The molecule has 3 fully saturated rings. The first-order valence-electron chi connectivity index (χ1n) is 8.16. The second kappa shape index (κ2) is 5.49. The van der Waals surface area contributed by atoms with Crippen LogP contribution < -0.4 is 0 Å². The fourth-order valence-corrected chi connectivity index (χ4v) is 4.29. The van der Waals surface area contributed by atoms with Crippen LogP contribution in [0.1, 0.15) is 24.5 Å². The van der Waals surface area contributed by atoms with Gasteiger partial charge in [-0.05, 0) is 48.9 Å². The van der Waals surface area contributed by atoms with Crippen molar-refractivity contribution in [2.75, 3.05) is 13.1 Å². The summed E-state index contributed by atoms with van der Waals surface area (Å²) in [5.41, 5.74) is 1.97. The molecule has 3 nitrogen and oxygen atoms in total. The molecule has 3 unspecified atom stereocenters. The lowest BCUT2D eigenvalue weighted by Gasteiger charge is -2.50. The number of aromatic nitrogens is 1. The van der Waals surface area contributed by atoms with Crippen LogP contribution in [-0.4, -0.2) is 34.1 Å². The summed E-state index contributed by atoms with van der Waals surface area (Å²) in [5.74, 6) is 1.27. The van der Waals surface area contributed by atoms with Crippen LogP contribution in [-0.2, 0) is 0 Å². The number of rotatable bonds is 3. The molecule has 3 aliphatic heterocycles. The minimum Gasteiger partial charge on any atom is -0.387 e. The Labute approximate surface area is 131 Å². The van der Waals surface area contributed by atoms with E-state index in [4.69, 9.17) is 0 Å². The van der Waals surface area contributed by atoms with E-state index in [1.54, 1.807) is 0 Å². The standard InChI is InChI=1S/C19H22N2O/c1-2-13-12-21-10-8-14(13)11-18(21)19(22)16-7-9-20-17-6-4-3-5-15(16)17/h2-7,9,13-14,18-19,22H,1,8,10-12H2/t13-,14-,18?,19?/m0/s1. The summed E-state index contributed by atoms with van der Waals surface area (Å²) < 4.78 is 0. The maximum Gasteiger partial charge on any atom is 0.0952 e. The van der Waals surface area contributed by atoms with Gasteiger partial charge in [0.2, 0.25) is 0 Å². The Kier molecular flexibility index (Phi) is 3.47. The van der Waals surface area contributed by atoms with Gasteiger partial charge in [0.25, 0.3) is 0 Å². The molecule has 3 aliphatic rings. The van der Waals surface area contributed by atoms with Crippen LogP contribution in [0.2, 0.25) is 0 Å². The zero-order valence-corrected chi connectivity index (χ0v) is 12.7. The molecule has 0 radical (unpaired) electrons. The van der Waals surface area contributed by atoms with Crippen molar-refractivity contribution in [2.24, 2.45) is 11.8 Å². The maximum absolute atomic E-state index is 11.0. The van der Waals surface area contributed by atoms with Gasteiger partial charge in [-0.1, -0.05) is 24.3 Å². The monoisotopic (exact) mass is 294 g/mol. The molecular formula is C19H22N2O. The first-order chi connectivity index (χ1) is 10.8.